The third-order valence-corrected chi connectivity index (χ3v) is 2.51. The smallest absolute Gasteiger partial charge is 0.219 e. The number of aromatic nitrogens is 2. The highest BCUT2D eigenvalue weighted by atomic mass is 16.1. The summed E-state index contributed by atoms with van der Waals surface area (Å²) in [7, 11) is 0. The number of nitrogens with one attached hydrogen (secondary N) is 2. The van der Waals surface area contributed by atoms with Gasteiger partial charge in [-0.3, -0.25) is 4.79 Å². The fourth-order valence-electron chi connectivity index (χ4n) is 1.55. The molecule has 4 heteroatoms. The minimum atomic E-state index is 0.179. The number of H-pyrrole nitrogens is 1. The summed E-state index contributed by atoms with van der Waals surface area (Å²) >= 11 is 0. The van der Waals surface area contributed by atoms with Crippen LogP contribution in [0.4, 0.5) is 0 Å². The van der Waals surface area contributed by atoms with Gasteiger partial charge in [0, 0.05) is 24.9 Å². The molecule has 0 aliphatic heterocycles. The lowest BCUT2D eigenvalue weighted by Crippen LogP contribution is -2.24. The van der Waals surface area contributed by atoms with E-state index in [9.17, 15) is 4.79 Å². The van der Waals surface area contributed by atoms with Crippen LogP contribution in [-0.2, 0) is 11.2 Å². The molecule has 1 rings (SSSR count). The number of carbonyl (C=O) groups is 1. The van der Waals surface area contributed by atoms with Gasteiger partial charge in [-0.05, 0) is 19.3 Å². The predicted octanol–water partition coefficient (Wildman–Crippen LogP) is 2.04. The van der Waals surface area contributed by atoms with Crippen molar-refractivity contribution in [3.8, 4) is 0 Å². The molecule has 0 bridgehead atoms. The minimum absolute atomic E-state index is 0.179. The Morgan fingerprint density at radius 2 is 2.31 bits per heavy atom. The molecule has 2 N–H and O–H groups in total. The highest BCUT2D eigenvalue weighted by Gasteiger charge is 2.00. The first kappa shape index (κ1) is 12.7. The minimum Gasteiger partial charge on any atom is -0.356 e. The molecular weight excluding hydrogens is 202 g/mol. The number of aryl methyl sites for hydroxylation is 1. The van der Waals surface area contributed by atoms with Crippen LogP contribution in [0.25, 0.3) is 0 Å². The molecular formula is C12H21N3O. The summed E-state index contributed by atoms with van der Waals surface area (Å²) in [5.74, 6) is 0.179. The SMILES string of the molecule is CCCCCC(=O)NCCCc1cnc[nH]1. The van der Waals surface area contributed by atoms with Crippen LogP contribution in [0.1, 0.15) is 44.7 Å². The molecule has 1 amide bonds. The normalized spacial score (nSPS) is 10.3. The zero-order valence-electron chi connectivity index (χ0n) is 9.96. The molecule has 1 aromatic rings. The Kier molecular flexibility index (Phi) is 6.30. The maximum absolute atomic E-state index is 11.3. The lowest BCUT2D eigenvalue weighted by Gasteiger charge is -2.03. The van der Waals surface area contributed by atoms with E-state index in [0.717, 1.165) is 44.3 Å². The number of imidazole rings is 1. The van der Waals surface area contributed by atoms with Gasteiger partial charge in [0.25, 0.3) is 0 Å². The maximum Gasteiger partial charge on any atom is 0.219 e. The van der Waals surface area contributed by atoms with Crippen LogP contribution in [0.2, 0.25) is 0 Å². The van der Waals surface area contributed by atoms with E-state index in [0.29, 0.717) is 6.42 Å². The molecule has 0 atom stereocenters. The van der Waals surface area contributed by atoms with Crippen molar-refractivity contribution >= 4 is 5.91 Å². The van der Waals surface area contributed by atoms with Gasteiger partial charge in [0.2, 0.25) is 5.91 Å². The van der Waals surface area contributed by atoms with E-state index in [1.807, 2.05) is 6.20 Å². The van der Waals surface area contributed by atoms with E-state index in [4.69, 9.17) is 0 Å². The van der Waals surface area contributed by atoms with Gasteiger partial charge in [0.15, 0.2) is 0 Å². The van der Waals surface area contributed by atoms with Crippen LogP contribution in [0.15, 0.2) is 12.5 Å². The number of aromatic amines is 1. The summed E-state index contributed by atoms with van der Waals surface area (Å²) in [4.78, 5) is 18.3. The summed E-state index contributed by atoms with van der Waals surface area (Å²) in [6.07, 6.45) is 9.37. The first-order valence-electron chi connectivity index (χ1n) is 6.07. The zero-order valence-corrected chi connectivity index (χ0v) is 9.96. The van der Waals surface area contributed by atoms with Crippen LogP contribution in [0, 0.1) is 0 Å². The third kappa shape index (κ3) is 5.53. The molecule has 0 saturated heterocycles. The van der Waals surface area contributed by atoms with Crippen LogP contribution in [0.3, 0.4) is 0 Å². The van der Waals surface area contributed by atoms with Crippen LogP contribution < -0.4 is 5.32 Å². The zero-order chi connectivity index (χ0) is 11.6. The number of hydrogen-bond donors (Lipinski definition) is 2. The average molecular weight is 223 g/mol. The van der Waals surface area contributed by atoms with Crippen molar-refractivity contribution in [3.05, 3.63) is 18.2 Å². The third-order valence-electron chi connectivity index (χ3n) is 2.51. The average Bonchev–Trinajstić information content (AvgIpc) is 2.78. The Balaban J connectivity index is 1.96. The molecule has 0 aliphatic carbocycles. The van der Waals surface area contributed by atoms with Gasteiger partial charge in [-0.15, -0.1) is 0 Å². The Morgan fingerprint density at radius 1 is 1.44 bits per heavy atom. The van der Waals surface area contributed by atoms with Gasteiger partial charge in [0.05, 0.1) is 6.33 Å². The van der Waals surface area contributed by atoms with E-state index in [2.05, 4.69) is 22.2 Å². The van der Waals surface area contributed by atoms with Crippen molar-refractivity contribution in [3.63, 3.8) is 0 Å². The Labute approximate surface area is 96.9 Å². The van der Waals surface area contributed by atoms with E-state index in [1.165, 1.54) is 0 Å². The second-order valence-corrected chi connectivity index (χ2v) is 3.99. The maximum atomic E-state index is 11.3. The van der Waals surface area contributed by atoms with Crippen LogP contribution >= 0.6 is 0 Å². The standard InChI is InChI=1S/C12H21N3O/c1-2-3-4-7-12(16)14-8-5-6-11-9-13-10-15-11/h9-10H,2-8H2,1H3,(H,13,15)(H,14,16). The van der Waals surface area contributed by atoms with Crippen molar-refractivity contribution in [2.45, 2.75) is 45.4 Å². The second kappa shape index (κ2) is 7.91. The van der Waals surface area contributed by atoms with Crippen molar-refractivity contribution < 1.29 is 4.79 Å². The summed E-state index contributed by atoms with van der Waals surface area (Å²) < 4.78 is 0. The molecule has 0 aromatic carbocycles. The van der Waals surface area contributed by atoms with Crippen molar-refractivity contribution in [1.29, 1.82) is 0 Å². The summed E-state index contributed by atoms with van der Waals surface area (Å²) in [6.45, 7) is 2.90. The molecule has 0 unspecified atom stereocenters. The lowest BCUT2D eigenvalue weighted by molar-refractivity contribution is -0.121. The first-order valence-corrected chi connectivity index (χ1v) is 6.07. The molecule has 0 spiro atoms. The van der Waals surface area contributed by atoms with Crippen LogP contribution in [-0.4, -0.2) is 22.4 Å². The van der Waals surface area contributed by atoms with E-state index in [-0.39, 0.29) is 5.91 Å². The van der Waals surface area contributed by atoms with Gasteiger partial charge >= 0.3 is 0 Å². The van der Waals surface area contributed by atoms with Gasteiger partial charge in [-0.1, -0.05) is 19.8 Å². The quantitative estimate of drug-likeness (QED) is 0.663. The molecule has 1 heterocycles. The van der Waals surface area contributed by atoms with Gasteiger partial charge in [0.1, 0.15) is 0 Å². The molecule has 1 aromatic heterocycles. The predicted molar refractivity (Wildman–Crippen MR) is 64.1 cm³/mol. The fourth-order valence-corrected chi connectivity index (χ4v) is 1.55. The number of nitrogens with zero attached hydrogens (tertiary/aromatic N) is 1. The largest absolute Gasteiger partial charge is 0.356 e. The Hall–Kier alpha value is -1.32. The molecule has 16 heavy (non-hydrogen) atoms. The molecule has 0 radical (unpaired) electrons. The summed E-state index contributed by atoms with van der Waals surface area (Å²) in [6, 6.07) is 0. The fraction of sp³-hybridized carbons (Fsp3) is 0.667. The number of carbonyl (C=O) groups excluding carboxylic acids is 1. The second-order valence-electron chi connectivity index (χ2n) is 3.99. The summed E-state index contributed by atoms with van der Waals surface area (Å²) in [5, 5.41) is 2.93. The van der Waals surface area contributed by atoms with Gasteiger partial charge in [-0.25, -0.2) is 4.98 Å². The number of amides is 1. The lowest BCUT2D eigenvalue weighted by atomic mass is 10.2. The molecule has 4 nitrogen and oxygen atoms in total. The van der Waals surface area contributed by atoms with Crippen LogP contribution in [0.5, 0.6) is 0 Å². The Bertz CT molecular complexity index is 282. The highest BCUT2D eigenvalue weighted by molar-refractivity contribution is 5.75. The van der Waals surface area contributed by atoms with E-state index < -0.39 is 0 Å². The first-order chi connectivity index (χ1) is 7.83. The number of unbranched alkanes of at least 4 members (excludes halogenated alkanes) is 2. The van der Waals surface area contributed by atoms with Crippen molar-refractivity contribution in [2.75, 3.05) is 6.54 Å². The van der Waals surface area contributed by atoms with E-state index in [1.54, 1.807) is 6.33 Å². The summed E-state index contributed by atoms with van der Waals surface area (Å²) in [5.41, 5.74) is 1.13. The van der Waals surface area contributed by atoms with Crippen molar-refractivity contribution in [2.24, 2.45) is 0 Å². The number of rotatable bonds is 8. The molecule has 0 saturated carbocycles. The van der Waals surface area contributed by atoms with Gasteiger partial charge in [-0.2, -0.15) is 0 Å². The van der Waals surface area contributed by atoms with Gasteiger partial charge < -0.3 is 10.3 Å². The Morgan fingerprint density at radius 3 is 3.00 bits per heavy atom. The monoisotopic (exact) mass is 223 g/mol. The number of hydrogen-bond acceptors (Lipinski definition) is 2. The van der Waals surface area contributed by atoms with Crippen molar-refractivity contribution in [1.82, 2.24) is 15.3 Å². The van der Waals surface area contributed by atoms with E-state index >= 15 is 0 Å². The molecule has 90 valence electrons. The topological polar surface area (TPSA) is 57.8 Å². The highest BCUT2D eigenvalue weighted by Crippen LogP contribution is 1.99. The molecule has 0 aliphatic rings. The molecule has 0 fully saturated rings.